The number of nitrogens with zero attached hydrogens (tertiary/aromatic N) is 1. The summed E-state index contributed by atoms with van der Waals surface area (Å²) in [5, 5.41) is 4.04. The molecule has 0 N–H and O–H groups in total. The van der Waals surface area contributed by atoms with Crippen LogP contribution in [0.5, 0.6) is 0 Å². The SMILES string of the molecule is O=C(c1cccc2ncccc12)c1cccc2ccsc12. The van der Waals surface area contributed by atoms with Crippen LogP contribution in [0.4, 0.5) is 0 Å². The van der Waals surface area contributed by atoms with Crippen LogP contribution in [-0.2, 0) is 0 Å². The fourth-order valence-electron chi connectivity index (χ4n) is 2.62. The Hall–Kier alpha value is -2.52. The Morgan fingerprint density at radius 3 is 2.71 bits per heavy atom. The first-order valence-corrected chi connectivity index (χ1v) is 7.57. The number of fused-ring (bicyclic) bond motifs is 2. The minimum atomic E-state index is 0.0571. The monoisotopic (exact) mass is 289 g/mol. The molecule has 0 unspecified atom stereocenters. The standard InChI is InChI=1S/C18H11NOS/c20-17(15-6-1-4-12-9-11-21-18(12)15)14-5-2-8-16-13(14)7-3-10-19-16/h1-11H. The maximum Gasteiger partial charge on any atom is 0.195 e. The molecular weight excluding hydrogens is 278 g/mol. The van der Waals surface area contributed by atoms with Gasteiger partial charge in [-0.25, -0.2) is 0 Å². The maximum absolute atomic E-state index is 13.0. The van der Waals surface area contributed by atoms with Gasteiger partial charge in [0.15, 0.2) is 5.78 Å². The smallest absolute Gasteiger partial charge is 0.195 e. The van der Waals surface area contributed by atoms with Gasteiger partial charge in [-0.15, -0.1) is 11.3 Å². The summed E-state index contributed by atoms with van der Waals surface area (Å²) in [6.07, 6.45) is 1.75. The lowest BCUT2D eigenvalue weighted by molar-refractivity contribution is 0.104. The van der Waals surface area contributed by atoms with E-state index in [-0.39, 0.29) is 5.78 Å². The molecule has 2 heterocycles. The van der Waals surface area contributed by atoms with Crippen molar-refractivity contribution in [2.45, 2.75) is 0 Å². The molecular formula is C18H11NOS. The molecule has 3 heteroatoms. The number of ketones is 1. The number of carbonyl (C=O) groups excluding carboxylic acids is 1. The van der Waals surface area contributed by atoms with E-state index in [1.165, 1.54) is 0 Å². The Balaban J connectivity index is 1.97. The summed E-state index contributed by atoms with van der Waals surface area (Å²) in [7, 11) is 0. The molecule has 0 amide bonds. The van der Waals surface area contributed by atoms with Crippen LogP contribution in [0.3, 0.4) is 0 Å². The Bertz CT molecular complexity index is 966. The minimum Gasteiger partial charge on any atom is -0.289 e. The topological polar surface area (TPSA) is 30.0 Å². The van der Waals surface area contributed by atoms with Gasteiger partial charge in [-0.2, -0.15) is 0 Å². The van der Waals surface area contributed by atoms with Gasteiger partial charge < -0.3 is 0 Å². The molecule has 2 aromatic carbocycles. The second-order valence-corrected chi connectivity index (χ2v) is 5.77. The predicted octanol–water partition coefficient (Wildman–Crippen LogP) is 4.68. The summed E-state index contributed by atoms with van der Waals surface area (Å²) in [5.41, 5.74) is 2.32. The van der Waals surface area contributed by atoms with Gasteiger partial charge in [-0.05, 0) is 35.0 Å². The molecule has 0 spiro atoms. The average Bonchev–Trinajstić information content (AvgIpc) is 3.02. The van der Waals surface area contributed by atoms with E-state index in [0.29, 0.717) is 5.56 Å². The lowest BCUT2D eigenvalue weighted by Crippen LogP contribution is -2.02. The molecule has 0 radical (unpaired) electrons. The van der Waals surface area contributed by atoms with Crippen LogP contribution in [0.2, 0.25) is 0 Å². The fraction of sp³-hybridized carbons (Fsp3) is 0. The third-order valence-corrected chi connectivity index (χ3v) is 4.58. The number of benzene rings is 2. The van der Waals surface area contributed by atoms with Crippen molar-refractivity contribution in [2.24, 2.45) is 0 Å². The highest BCUT2D eigenvalue weighted by atomic mass is 32.1. The van der Waals surface area contributed by atoms with Gasteiger partial charge in [0.2, 0.25) is 0 Å². The first-order valence-electron chi connectivity index (χ1n) is 6.69. The van der Waals surface area contributed by atoms with Gasteiger partial charge in [-0.1, -0.05) is 30.3 Å². The molecule has 0 aliphatic carbocycles. The summed E-state index contributed by atoms with van der Waals surface area (Å²) in [4.78, 5) is 17.3. The second-order valence-electron chi connectivity index (χ2n) is 4.85. The van der Waals surface area contributed by atoms with Crippen molar-refractivity contribution in [3.05, 3.63) is 77.3 Å². The summed E-state index contributed by atoms with van der Waals surface area (Å²) in [6.45, 7) is 0. The van der Waals surface area contributed by atoms with Crippen molar-refractivity contribution in [1.29, 1.82) is 0 Å². The highest BCUT2D eigenvalue weighted by Crippen LogP contribution is 2.28. The van der Waals surface area contributed by atoms with Crippen LogP contribution in [0, 0.1) is 0 Å². The first-order chi connectivity index (χ1) is 10.3. The third kappa shape index (κ3) is 1.94. The third-order valence-electron chi connectivity index (χ3n) is 3.61. The van der Waals surface area contributed by atoms with Crippen LogP contribution in [0.25, 0.3) is 21.0 Å². The van der Waals surface area contributed by atoms with Gasteiger partial charge >= 0.3 is 0 Å². The Kier molecular flexibility index (Phi) is 2.79. The number of rotatable bonds is 2. The van der Waals surface area contributed by atoms with Gasteiger partial charge in [-0.3, -0.25) is 9.78 Å². The van der Waals surface area contributed by atoms with Crippen LogP contribution >= 0.6 is 11.3 Å². The van der Waals surface area contributed by atoms with Gasteiger partial charge in [0, 0.05) is 27.4 Å². The summed E-state index contributed by atoms with van der Waals surface area (Å²) < 4.78 is 1.04. The number of hydrogen-bond acceptors (Lipinski definition) is 3. The van der Waals surface area contributed by atoms with E-state index in [1.807, 2.05) is 60.0 Å². The first kappa shape index (κ1) is 12.2. The molecule has 0 aliphatic rings. The largest absolute Gasteiger partial charge is 0.289 e. The van der Waals surface area contributed by atoms with Crippen LogP contribution in [-0.4, -0.2) is 10.8 Å². The molecule has 0 saturated carbocycles. The van der Waals surface area contributed by atoms with E-state index in [2.05, 4.69) is 4.98 Å². The van der Waals surface area contributed by atoms with Gasteiger partial charge in [0.25, 0.3) is 0 Å². The zero-order valence-corrected chi connectivity index (χ0v) is 11.9. The zero-order chi connectivity index (χ0) is 14.2. The molecule has 4 rings (SSSR count). The lowest BCUT2D eigenvalue weighted by atomic mass is 9.98. The Morgan fingerprint density at radius 2 is 1.76 bits per heavy atom. The number of thiophene rings is 1. The quantitative estimate of drug-likeness (QED) is 0.501. The lowest BCUT2D eigenvalue weighted by Gasteiger charge is -2.06. The molecule has 2 nitrogen and oxygen atoms in total. The summed E-state index contributed by atoms with van der Waals surface area (Å²) >= 11 is 1.61. The van der Waals surface area contributed by atoms with Crippen molar-refractivity contribution in [2.75, 3.05) is 0 Å². The van der Waals surface area contributed by atoms with E-state index in [9.17, 15) is 4.79 Å². The number of aromatic nitrogens is 1. The molecule has 2 aromatic heterocycles. The van der Waals surface area contributed by atoms with E-state index in [1.54, 1.807) is 17.5 Å². The zero-order valence-electron chi connectivity index (χ0n) is 11.1. The predicted molar refractivity (Wildman–Crippen MR) is 87.0 cm³/mol. The second kappa shape index (κ2) is 4.79. The Labute approximate surface area is 125 Å². The minimum absolute atomic E-state index is 0.0571. The number of pyridine rings is 1. The number of carbonyl (C=O) groups is 1. The van der Waals surface area contributed by atoms with Crippen LogP contribution in [0.1, 0.15) is 15.9 Å². The Morgan fingerprint density at radius 1 is 0.905 bits per heavy atom. The van der Waals surface area contributed by atoms with E-state index in [0.717, 1.165) is 26.6 Å². The van der Waals surface area contributed by atoms with E-state index < -0.39 is 0 Å². The molecule has 0 aliphatic heterocycles. The van der Waals surface area contributed by atoms with Crippen LogP contribution in [0.15, 0.2) is 66.2 Å². The molecule has 21 heavy (non-hydrogen) atoms. The van der Waals surface area contributed by atoms with Gasteiger partial charge in [0.1, 0.15) is 0 Å². The molecule has 0 bridgehead atoms. The maximum atomic E-state index is 13.0. The average molecular weight is 289 g/mol. The molecule has 0 atom stereocenters. The molecule has 0 saturated heterocycles. The summed E-state index contributed by atoms with van der Waals surface area (Å²) in [6, 6.07) is 17.4. The molecule has 4 aromatic rings. The normalized spacial score (nSPS) is 11.0. The molecule has 100 valence electrons. The van der Waals surface area contributed by atoms with E-state index >= 15 is 0 Å². The number of hydrogen-bond donors (Lipinski definition) is 0. The van der Waals surface area contributed by atoms with Crippen molar-refractivity contribution < 1.29 is 4.79 Å². The molecule has 0 fully saturated rings. The van der Waals surface area contributed by atoms with Crippen molar-refractivity contribution >= 4 is 38.1 Å². The highest BCUT2D eigenvalue weighted by Gasteiger charge is 2.15. The fourth-order valence-corrected chi connectivity index (χ4v) is 3.53. The van der Waals surface area contributed by atoms with Crippen molar-refractivity contribution in [3.8, 4) is 0 Å². The van der Waals surface area contributed by atoms with E-state index in [4.69, 9.17) is 0 Å². The highest BCUT2D eigenvalue weighted by molar-refractivity contribution is 7.17. The van der Waals surface area contributed by atoms with Crippen molar-refractivity contribution in [3.63, 3.8) is 0 Å². The van der Waals surface area contributed by atoms with Gasteiger partial charge in [0.05, 0.1) is 5.52 Å². The summed E-state index contributed by atoms with van der Waals surface area (Å²) in [5.74, 6) is 0.0571. The van der Waals surface area contributed by atoms with Crippen molar-refractivity contribution in [1.82, 2.24) is 4.98 Å². The van der Waals surface area contributed by atoms with Crippen LogP contribution < -0.4 is 0 Å².